The summed E-state index contributed by atoms with van der Waals surface area (Å²) in [5.74, 6) is 0.929. The van der Waals surface area contributed by atoms with E-state index in [2.05, 4.69) is 34.6 Å². The maximum Gasteiger partial charge on any atom is -0.0321 e. The van der Waals surface area contributed by atoms with E-state index >= 15 is 0 Å². The van der Waals surface area contributed by atoms with Gasteiger partial charge in [0.15, 0.2) is 0 Å². The Morgan fingerprint density at radius 2 is 1.75 bits per heavy atom. The fourth-order valence-corrected chi connectivity index (χ4v) is 3.43. The molecule has 1 aliphatic carbocycles. The molecule has 0 nitrogen and oxygen atoms in total. The van der Waals surface area contributed by atoms with Crippen LogP contribution in [0.3, 0.4) is 0 Å². The molecule has 0 aromatic rings. The molecule has 1 rings (SSSR count). The molecule has 0 heteroatoms. The lowest BCUT2D eigenvalue weighted by Gasteiger charge is -2.45. The van der Waals surface area contributed by atoms with Crippen molar-refractivity contribution in [2.45, 2.75) is 60.3 Å². The van der Waals surface area contributed by atoms with Crippen molar-refractivity contribution < 1.29 is 0 Å². The average Bonchev–Trinajstić information content (AvgIpc) is 1.82. The Morgan fingerprint density at radius 3 is 2.17 bits per heavy atom. The van der Waals surface area contributed by atoms with Crippen LogP contribution in [-0.4, -0.2) is 0 Å². The fourth-order valence-electron chi connectivity index (χ4n) is 3.43. The maximum atomic E-state index is 2.46. The van der Waals surface area contributed by atoms with Gasteiger partial charge in [-0.2, -0.15) is 0 Å². The molecule has 72 valence electrons. The third-order valence-corrected chi connectivity index (χ3v) is 3.50. The van der Waals surface area contributed by atoms with Crippen LogP contribution in [0.15, 0.2) is 0 Å². The van der Waals surface area contributed by atoms with Gasteiger partial charge in [0.25, 0.3) is 0 Å². The van der Waals surface area contributed by atoms with Crippen molar-refractivity contribution in [3.63, 3.8) is 0 Å². The molecular formula is C12H24. The van der Waals surface area contributed by atoms with E-state index in [0.717, 1.165) is 5.92 Å². The third kappa shape index (κ3) is 2.24. The van der Waals surface area contributed by atoms with E-state index in [4.69, 9.17) is 0 Å². The molecule has 12 heavy (non-hydrogen) atoms. The molecule has 0 aromatic heterocycles. The molecule has 0 radical (unpaired) electrons. The summed E-state index contributed by atoms with van der Waals surface area (Å²) in [5.41, 5.74) is 1.21. The molecule has 2 atom stereocenters. The molecule has 0 amide bonds. The van der Waals surface area contributed by atoms with Crippen LogP contribution in [0.1, 0.15) is 60.3 Å². The van der Waals surface area contributed by atoms with E-state index in [9.17, 15) is 0 Å². The second-order valence-corrected chi connectivity index (χ2v) is 6.02. The van der Waals surface area contributed by atoms with Gasteiger partial charge in [0.2, 0.25) is 0 Å². The van der Waals surface area contributed by atoms with Gasteiger partial charge in [0.1, 0.15) is 0 Å². The minimum atomic E-state index is 0.586. The van der Waals surface area contributed by atoms with Gasteiger partial charge in [0.05, 0.1) is 0 Å². The lowest BCUT2D eigenvalue weighted by Crippen LogP contribution is -2.34. The van der Waals surface area contributed by atoms with Crippen molar-refractivity contribution >= 4 is 0 Å². The summed E-state index contributed by atoms with van der Waals surface area (Å²) in [6.45, 7) is 12.1. The third-order valence-electron chi connectivity index (χ3n) is 3.50. The molecule has 1 aliphatic rings. The number of rotatable bonds is 1. The molecule has 0 spiro atoms. The smallest absolute Gasteiger partial charge is 0.0321 e. The van der Waals surface area contributed by atoms with E-state index in [0.29, 0.717) is 10.8 Å². The quantitative estimate of drug-likeness (QED) is 0.549. The van der Waals surface area contributed by atoms with Gasteiger partial charge < -0.3 is 0 Å². The van der Waals surface area contributed by atoms with Crippen LogP contribution in [0.2, 0.25) is 0 Å². The largest absolute Gasteiger partial charge is 0.0649 e. The topological polar surface area (TPSA) is 0 Å². The van der Waals surface area contributed by atoms with Crippen molar-refractivity contribution in [2.75, 3.05) is 0 Å². The summed E-state index contributed by atoms with van der Waals surface area (Å²) in [6.07, 6.45) is 5.62. The lowest BCUT2D eigenvalue weighted by molar-refractivity contribution is 0.0582. The summed E-state index contributed by atoms with van der Waals surface area (Å²) >= 11 is 0. The molecule has 1 fully saturated rings. The normalized spacial score (nSPS) is 41.2. The first-order valence-electron chi connectivity index (χ1n) is 5.37. The molecule has 0 N–H and O–H groups in total. The van der Waals surface area contributed by atoms with Gasteiger partial charge >= 0.3 is 0 Å². The van der Waals surface area contributed by atoms with Crippen molar-refractivity contribution in [1.29, 1.82) is 0 Å². The van der Waals surface area contributed by atoms with E-state index in [-0.39, 0.29) is 0 Å². The first-order chi connectivity index (χ1) is 5.37. The highest BCUT2D eigenvalue weighted by molar-refractivity contribution is 4.89. The molecule has 0 saturated heterocycles. The number of hydrogen-bond acceptors (Lipinski definition) is 0. The molecule has 0 bridgehead atoms. The number of hydrogen-bond donors (Lipinski definition) is 0. The summed E-state index contributed by atoms with van der Waals surface area (Å²) in [6, 6.07) is 0. The van der Waals surface area contributed by atoms with Gasteiger partial charge in [-0.15, -0.1) is 0 Å². The van der Waals surface area contributed by atoms with Crippen LogP contribution in [-0.2, 0) is 0 Å². The Morgan fingerprint density at radius 1 is 1.17 bits per heavy atom. The Labute approximate surface area is 77.7 Å². The monoisotopic (exact) mass is 168 g/mol. The second kappa shape index (κ2) is 3.05. The highest BCUT2D eigenvalue weighted by atomic mass is 14.4. The van der Waals surface area contributed by atoms with Gasteiger partial charge in [-0.25, -0.2) is 0 Å². The Balaban J connectivity index is 2.70. The summed E-state index contributed by atoms with van der Waals surface area (Å²) in [4.78, 5) is 0. The average molecular weight is 168 g/mol. The van der Waals surface area contributed by atoms with E-state index in [1.54, 1.807) is 0 Å². The summed E-state index contributed by atoms with van der Waals surface area (Å²) < 4.78 is 0. The Kier molecular flexibility index (Phi) is 2.56. The zero-order valence-corrected chi connectivity index (χ0v) is 9.41. The van der Waals surface area contributed by atoms with Crippen molar-refractivity contribution in [1.82, 2.24) is 0 Å². The molecule has 0 aromatic carbocycles. The summed E-state index contributed by atoms with van der Waals surface area (Å²) in [7, 11) is 0. The van der Waals surface area contributed by atoms with Crippen molar-refractivity contribution in [3.8, 4) is 0 Å². The summed E-state index contributed by atoms with van der Waals surface area (Å²) in [5, 5.41) is 0. The highest BCUT2D eigenvalue weighted by Gasteiger charge is 2.38. The second-order valence-electron chi connectivity index (χ2n) is 6.02. The molecule has 1 unspecified atom stereocenters. The first kappa shape index (κ1) is 10.1. The minimum Gasteiger partial charge on any atom is -0.0649 e. The van der Waals surface area contributed by atoms with Crippen molar-refractivity contribution in [2.24, 2.45) is 16.7 Å². The van der Waals surface area contributed by atoms with Crippen LogP contribution in [0.25, 0.3) is 0 Å². The zero-order valence-electron chi connectivity index (χ0n) is 9.41. The van der Waals surface area contributed by atoms with Crippen molar-refractivity contribution in [3.05, 3.63) is 0 Å². The highest BCUT2D eigenvalue weighted by Crippen LogP contribution is 2.49. The van der Waals surface area contributed by atoms with Crippen LogP contribution in [0, 0.1) is 16.7 Å². The van der Waals surface area contributed by atoms with E-state index in [1.165, 1.54) is 25.7 Å². The fraction of sp³-hybridized carbons (Fsp3) is 1.00. The van der Waals surface area contributed by atoms with Gasteiger partial charge in [-0.05, 0) is 36.0 Å². The molecular weight excluding hydrogens is 144 g/mol. The Hall–Kier alpha value is 0. The molecule has 0 aliphatic heterocycles. The molecule has 1 saturated carbocycles. The SMILES string of the molecule is CCC1(C)C[C@H](C)CC(C)(C)C1. The van der Waals surface area contributed by atoms with E-state index < -0.39 is 0 Å². The van der Waals surface area contributed by atoms with Gasteiger partial charge in [-0.1, -0.05) is 41.0 Å². The van der Waals surface area contributed by atoms with Gasteiger partial charge in [0, 0.05) is 0 Å². The van der Waals surface area contributed by atoms with Crippen LogP contribution in [0.5, 0.6) is 0 Å². The minimum absolute atomic E-state index is 0.586. The van der Waals surface area contributed by atoms with Crippen LogP contribution < -0.4 is 0 Å². The Bertz CT molecular complexity index is 157. The van der Waals surface area contributed by atoms with Crippen LogP contribution in [0.4, 0.5) is 0 Å². The predicted octanol–water partition coefficient (Wildman–Crippen LogP) is 4.25. The standard InChI is InChI=1S/C12H24/c1-6-12(5)8-10(2)7-11(3,4)9-12/h10H,6-9H2,1-5H3/t10-,12?/m1/s1. The lowest BCUT2D eigenvalue weighted by atomic mass is 9.60. The molecule has 0 heterocycles. The first-order valence-corrected chi connectivity index (χ1v) is 5.37. The van der Waals surface area contributed by atoms with Gasteiger partial charge in [-0.3, -0.25) is 0 Å². The van der Waals surface area contributed by atoms with Crippen LogP contribution >= 0.6 is 0 Å². The van der Waals surface area contributed by atoms with E-state index in [1.807, 2.05) is 0 Å². The maximum absolute atomic E-state index is 2.46. The predicted molar refractivity (Wildman–Crippen MR) is 55.2 cm³/mol. The zero-order chi connectivity index (χ0) is 9.41.